The molecule has 0 aliphatic heterocycles. The molecular formula is C12H23N3. The van der Waals surface area contributed by atoms with Gasteiger partial charge in [0.15, 0.2) is 0 Å². The van der Waals surface area contributed by atoms with Crippen LogP contribution in [0.1, 0.15) is 26.2 Å². The second-order valence-electron chi connectivity index (χ2n) is 3.54. The number of hydrogen-bond acceptors (Lipinski definition) is 3. The molecule has 0 aromatic carbocycles. The number of nitrogens with zero attached hydrogens (tertiary/aromatic N) is 1. The molecule has 0 aliphatic rings. The van der Waals surface area contributed by atoms with Crippen molar-refractivity contribution < 1.29 is 0 Å². The van der Waals surface area contributed by atoms with Crippen molar-refractivity contribution in [2.24, 2.45) is 11.6 Å². The van der Waals surface area contributed by atoms with Crippen molar-refractivity contribution in [1.82, 2.24) is 5.01 Å². The van der Waals surface area contributed by atoms with Crippen LogP contribution in [0.2, 0.25) is 0 Å². The van der Waals surface area contributed by atoms with Crippen molar-refractivity contribution in [3.63, 3.8) is 0 Å². The first kappa shape index (κ1) is 13.9. The summed E-state index contributed by atoms with van der Waals surface area (Å²) in [4.78, 5) is 0. The normalized spacial score (nSPS) is 11.9. The monoisotopic (exact) mass is 209 g/mol. The first-order valence-electron chi connectivity index (χ1n) is 5.43. The predicted octanol–water partition coefficient (Wildman–Crippen LogP) is 1.94. The van der Waals surface area contributed by atoms with Gasteiger partial charge in [0.2, 0.25) is 0 Å². The van der Waals surface area contributed by atoms with Gasteiger partial charge >= 0.3 is 0 Å². The Balaban J connectivity index is 3.61. The summed E-state index contributed by atoms with van der Waals surface area (Å²) < 4.78 is 0. The van der Waals surface area contributed by atoms with E-state index in [4.69, 9.17) is 11.6 Å². The maximum absolute atomic E-state index is 5.80. The molecule has 15 heavy (non-hydrogen) atoms. The van der Waals surface area contributed by atoms with Crippen LogP contribution >= 0.6 is 0 Å². The van der Waals surface area contributed by atoms with Crippen LogP contribution in [0.5, 0.6) is 0 Å². The van der Waals surface area contributed by atoms with E-state index >= 15 is 0 Å². The van der Waals surface area contributed by atoms with Crippen molar-refractivity contribution in [2.45, 2.75) is 26.2 Å². The molecule has 4 N–H and O–H groups in total. The summed E-state index contributed by atoms with van der Waals surface area (Å²) in [5.74, 6) is 5.80. The maximum atomic E-state index is 5.80. The van der Waals surface area contributed by atoms with Crippen LogP contribution in [0.15, 0.2) is 36.6 Å². The fourth-order valence-electron chi connectivity index (χ4n) is 1.10. The molecule has 86 valence electrons. The van der Waals surface area contributed by atoms with Gasteiger partial charge in [0.1, 0.15) is 0 Å². The lowest BCUT2D eigenvalue weighted by Crippen LogP contribution is -2.32. The first-order valence-corrected chi connectivity index (χ1v) is 5.43. The van der Waals surface area contributed by atoms with Gasteiger partial charge in [0.25, 0.3) is 0 Å². The molecule has 0 atom stereocenters. The smallest absolute Gasteiger partial charge is 0.0168 e. The average molecular weight is 209 g/mol. The predicted molar refractivity (Wildman–Crippen MR) is 66.9 cm³/mol. The van der Waals surface area contributed by atoms with Crippen molar-refractivity contribution >= 4 is 0 Å². The molecule has 0 amide bonds. The zero-order chi connectivity index (χ0) is 11.5. The Bertz CT molecular complexity index is 219. The van der Waals surface area contributed by atoms with Gasteiger partial charge in [-0.05, 0) is 25.1 Å². The molecule has 0 aliphatic carbocycles. The quantitative estimate of drug-likeness (QED) is 0.365. The lowest BCUT2D eigenvalue weighted by molar-refractivity contribution is 0.282. The molecule has 3 heteroatoms. The minimum atomic E-state index is 0.857. The highest BCUT2D eigenvalue weighted by Gasteiger charge is 1.97. The number of rotatable bonds is 8. The minimum absolute atomic E-state index is 0.857. The van der Waals surface area contributed by atoms with Crippen LogP contribution in [-0.2, 0) is 0 Å². The third kappa shape index (κ3) is 9.25. The second-order valence-corrected chi connectivity index (χ2v) is 3.54. The van der Waals surface area contributed by atoms with Gasteiger partial charge in [-0.3, -0.25) is 5.84 Å². The highest BCUT2D eigenvalue weighted by atomic mass is 15.4. The Morgan fingerprint density at radius 3 is 2.67 bits per heavy atom. The molecule has 0 spiro atoms. The summed E-state index contributed by atoms with van der Waals surface area (Å²) in [5, 5.41) is 1.85. The van der Waals surface area contributed by atoms with E-state index in [9.17, 15) is 0 Å². The standard InChI is InChI=1S/C12H23N3/c1-3-4-10-15(14)11-8-12(2)7-5-6-9-13/h5-7,9H,2-4,8,10-11,13-14H2,1H3/b7-5-,9-6-. The van der Waals surface area contributed by atoms with Gasteiger partial charge < -0.3 is 5.73 Å². The molecule has 0 heterocycles. The third-order valence-electron chi connectivity index (χ3n) is 2.07. The molecule has 0 aromatic rings. The van der Waals surface area contributed by atoms with Crippen LogP contribution in [-0.4, -0.2) is 18.1 Å². The molecule has 0 unspecified atom stereocenters. The van der Waals surface area contributed by atoms with Crippen LogP contribution in [0.25, 0.3) is 0 Å². The van der Waals surface area contributed by atoms with Crippen LogP contribution in [0, 0.1) is 0 Å². The molecule has 0 rings (SSSR count). The zero-order valence-electron chi connectivity index (χ0n) is 9.65. The second kappa shape index (κ2) is 9.49. The zero-order valence-corrected chi connectivity index (χ0v) is 9.65. The number of hydrogen-bond donors (Lipinski definition) is 2. The summed E-state index contributed by atoms with van der Waals surface area (Å²) in [6.45, 7) is 7.91. The van der Waals surface area contributed by atoms with Crippen molar-refractivity contribution in [3.05, 3.63) is 36.6 Å². The lowest BCUT2D eigenvalue weighted by Gasteiger charge is -2.15. The van der Waals surface area contributed by atoms with Crippen LogP contribution < -0.4 is 11.6 Å². The number of allylic oxidation sites excluding steroid dienone is 3. The molecular weight excluding hydrogens is 186 g/mol. The van der Waals surface area contributed by atoms with Gasteiger partial charge in [-0.25, -0.2) is 5.01 Å². The first-order chi connectivity index (χ1) is 7.20. The molecule has 0 fully saturated rings. The van der Waals surface area contributed by atoms with Gasteiger partial charge in [-0.1, -0.05) is 37.6 Å². The molecule has 0 saturated heterocycles. The Morgan fingerprint density at radius 2 is 2.07 bits per heavy atom. The van der Waals surface area contributed by atoms with Gasteiger partial charge in [0.05, 0.1) is 0 Å². The largest absolute Gasteiger partial charge is 0.405 e. The van der Waals surface area contributed by atoms with Gasteiger partial charge in [-0.2, -0.15) is 0 Å². The van der Waals surface area contributed by atoms with Crippen molar-refractivity contribution in [1.29, 1.82) is 0 Å². The van der Waals surface area contributed by atoms with Crippen molar-refractivity contribution in [2.75, 3.05) is 13.1 Å². The highest BCUT2D eigenvalue weighted by molar-refractivity contribution is 5.18. The lowest BCUT2D eigenvalue weighted by atomic mass is 10.2. The van der Waals surface area contributed by atoms with E-state index in [1.165, 1.54) is 12.6 Å². The van der Waals surface area contributed by atoms with Crippen LogP contribution in [0.4, 0.5) is 0 Å². The summed E-state index contributed by atoms with van der Waals surface area (Å²) >= 11 is 0. The fraction of sp³-hybridized carbons (Fsp3) is 0.500. The van der Waals surface area contributed by atoms with E-state index in [2.05, 4.69) is 13.5 Å². The molecule has 0 bridgehead atoms. The Hall–Kier alpha value is -1.06. The summed E-state index contributed by atoms with van der Waals surface area (Å²) in [6, 6.07) is 0. The van der Waals surface area contributed by atoms with E-state index in [-0.39, 0.29) is 0 Å². The van der Waals surface area contributed by atoms with E-state index in [1.54, 1.807) is 6.08 Å². The summed E-state index contributed by atoms with van der Waals surface area (Å²) in [6.07, 6.45) is 10.3. The number of unbranched alkanes of at least 4 members (excludes halogenated alkanes) is 1. The molecule has 0 aromatic heterocycles. The Labute approximate surface area is 93.1 Å². The average Bonchev–Trinajstić information content (AvgIpc) is 2.24. The molecule has 0 saturated carbocycles. The highest BCUT2D eigenvalue weighted by Crippen LogP contribution is 2.01. The Kier molecular flexibility index (Phi) is 8.82. The van der Waals surface area contributed by atoms with E-state index in [0.717, 1.165) is 31.5 Å². The van der Waals surface area contributed by atoms with E-state index in [0.29, 0.717) is 0 Å². The molecule has 3 nitrogen and oxygen atoms in total. The maximum Gasteiger partial charge on any atom is 0.0168 e. The number of hydrazine groups is 1. The molecule has 0 radical (unpaired) electrons. The van der Waals surface area contributed by atoms with E-state index in [1.807, 2.05) is 17.2 Å². The van der Waals surface area contributed by atoms with Crippen molar-refractivity contribution in [3.8, 4) is 0 Å². The van der Waals surface area contributed by atoms with Gasteiger partial charge in [-0.15, -0.1) is 0 Å². The van der Waals surface area contributed by atoms with E-state index < -0.39 is 0 Å². The number of nitrogens with two attached hydrogens (primary N) is 2. The Morgan fingerprint density at radius 1 is 1.33 bits per heavy atom. The minimum Gasteiger partial charge on any atom is -0.405 e. The summed E-state index contributed by atoms with van der Waals surface area (Å²) in [5.41, 5.74) is 6.27. The fourth-order valence-corrected chi connectivity index (χ4v) is 1.10. The third-order valence-corrected chi connectivity index (χ3v) is 2.07. The summed E-state index contributed by atoms with van der Waals surface area (Å²) in [7, 11) is 0. The topological polar surface area (TPSA) is 55.3 Å². The van der Waals surface area contributed by atoms with Gasteiger partial charge in [0, 0.05) is 13.1 Å². The SMILES string of the molecule is C=C(/C=C\C=C/N)CCN(N)CCCC. The van der Waals surface area contributed by atoms with Crippen LogP contribution in [0.3, 0.4) is 0 Å².